The predicted molar refractivity (Wildman–Crippen MR) is 120 cm³/mol. The minimum Gasteiger partial charge on any atom is -0.390 e. The second-order valence-corrected chi connectivity index (χ2v) is 11.4. The lowest BCUT2D eigenvalue weighted by molar-refractivity contribution is -0.169. The van der Waals surface area contributed by atoms with Crippen LogP contribution in [0.1, 0.15) is 45.6 Å². The van der Waals surface area contributed by atoms with Crippen LogP contribution in [0, 0.1) is 5.92 Å². The first-order valence-electron chi connectivity index (χ1n) is 10.6. The fraction of sp³-hybridized carbons (Fsp3) is 0.667. The number of epoxide rings is 1. The summed E-state index contributed by atoms with van der Waals surface area (Å²) >= 11 is 0. The molecule has 1 saturated carbocycles. The van der Waals surface area contributed by atoms with Gasteiger partial charge in [-0.3, -0.25) is 0 Å². The van der Waals surface area contributed by atoms with Crippen LogP contribution in [0.5, 0.6) is 0 Å². The highest BCUT2D eigenvalue weighted by atomic mass is 32.2. The number of methoxy groups -OCH3 is 1. The highest BCUT2D eigenvalue weighted by Gasteiger charge is 2.68. The van der Waals surface area contributed by atoms with E-state index < -0.39 is 23.4 Å². The van der Waals surface area contributed by atoms with Gasteiger partial charge < -0.3 is 19.7 Å². The Balaban J connectivity index is 1.80. The molecule has 1 aliphatic heterocycles. The summed E-state index contributed by atoms with van der Waals surface area (Å²) in [6, 6.07) is 10.5. The Morgan fingerprint density at radius 2 is 2.00 bits per heavy atom. The van der Waals surface area contributed by atoms with Crippen LogP contribution in [-0.4, -0.2) is 58.8 Å². The topological polar surface area (TPSA) is 62.2 Å². The minimum absolute atomic E-state index is 0.00922. The maximum Gasteiger partial charge on any atom is 0.137 e. The summed E-state index contributed by atoms with van der Waals surface area (Å²) < 4.78 is 11.9. The first kappa shape index (κ1) is 22.8. The molecule has 5 heteroatoms. The Hall–Kier alpha value is -0.850. The lowest BCUT2D eigenvalue weighted by atomic mass is 9.66. The Bertz CT molecular complexity index is 704. The molecule has 29 heavy (non-hydrogen) atoms. The van der Waals surface area contributed by atoms with E-state index in [1.807, 2.05) is 6.07 Å². The highest BCUT2D eigenvalue weighted by Crippen LogP contribution is 2.54. The summed E-state index contributed by atoms with van der Waals surface area (Å²) in [4.78, 5) is 0. The van der Waals surface area contributed by atoms with Gasteiger partial charge in [-0.15, -0.1) is 0 Å². The molecule has 0 amide bonds. The minimum atomic E-state index is -0.902. The van der Waals surface area contributed by atoms with E-state index in [1.165, 1.54) is 11.1 Å². The summed E-state index contributed by atoms with van der Waals surface area (Å²) in [6.07, 6.45) is 5.47. The lowest BCUT2D eigenvalue weighted by Gasteiger charge is -2.47. The van der Waals surface area contributed by atoms with Gasteiger partial charge >= 0.3 is 0 Å². The van der Waals surface area contributed by atoms with Gasteiger partial charge in [0.2, 0.25) is 0 Å². The second-order valence-electron chi connectivity index (χ2n) is 9.25. The number of hydrogen-bond acceptors (Lipinski definition) is 4. The third-order valence-electron chi connectivity index (χ3n) is 6.52. The molecule has 1 heterocycles. The van der Waals surface area contributed by atoms with E-state index in [4.69, 9.17) is 9.47 Å². The van der Waals surface area contributed by atoms with Gasteiger partial charge in [-0.05, 0) is 50.9 Å². The predicted octanol–water partition coefficient (Wildman–Crippen LogP) is 3.47. The van der Waals surface area contributed by atoms with Gasteiger partial charge in [-0.2, -0.15) is 0 Å². The van der Waals surface area contributed by atoms with Crippen molar-refractivity contribution in [3.63, 3.8) is 0 Å². The molecule has 0 bridgehead atoms. The van der Waals surface area contributed by atoms with Gasteiger partial charge in [0.05, 0.1) is 30.5 Å². The van der Waals surface area contributed by atoms with Gasteiger partial charge in [0.15, 0.2) is 0 Å². The number of aliphatic hydroxyl groups excluding tert-OH is 1. The molecule has 1 unspecified atom stereocenters. The van der Waals surface area contributed by atoms with E-state index in [9.17, 15) is 10.2 Å². The van der Waals surface area contributed by atoms with Gasteiger partial charge in [0, 0.05) is 12.7 Å². The summed E-state index contributed by atoms with van der Waals surface area (Å²) in [5.74, 6) is 1.41. The second kappa shape index (κ2) is 9.11. The van der Waals surface area contributed by atoms with Crippen LogP contribution in [0.15, 0.2) is 42.0 Å². The molecule has 1 saturated heterocycles. The van der Waals surface area contributed by atoms with Crippen LogP contribution in [-0.2, 0) is 26.1 Å². The molecule has 1 aromatic rings. The van der Waals surface area contributed by atoms with Gasteiger partial charge in [0.25, 0.3) is 0 Å². The Labute approximate surface area is 178 Å². The fourth-order valence-corrected chi connectivity index (χ4v) is 7.11. The maximum atomic E-state index is 11.9. The Morgan fingerprint density at radius 1 is 1.31 bits per heavy atom. The van der Waals surface area contributed by atoms with E-state index in [-0.39, 0.29) is 22.9 Å². The first-order chi connectivity index (χ1) is 13.7. The number of benzene rings is 1. The molecule has 0 radical (unpaired) electrons. The van der Waals surface area contributed by atoms with Crippen molar-refractivity contribution in [2.24, 2.45) is 5.92 Å². The smallest absolute Gasteiger partial charge is 0.137 e. The molecule has 2 N–H and O–H groups in total. The van der Waals surface area contributed by atoms with Crippen LogP contribution in [0.2, 0.25) is 0 Å². The largest absolute Gasteiger partial charge is 0.390 e. The molecular weight excluding hydrogens is 384 g/mol. The van der Waals surface area contributed by atoms with Crippen molar-refractivity contribution >= 4 is 10.9 Å². The SMILES string of the molecule is CO[C@@H]1[C@H](O)CC[C@](O)(C[S+](C)Cc2ccccc2)[C@H]1[C@@]1(C)O[C@@H]1CC=C(C)C. The maximum absolute atomic E-state index is 11.9. The van der Waals surface area contributed by atoms with Crippen LogP contribution in [0.4, 0.5) is 0 Å². The van der Waals surface area contributed by atoms with Crippen LogP contribution < -0.4 is 0 Å². The zero-order chi connectivity index (χ0) is 21.2. The van der Waals surface area contributed by atoms with Gasteiger partial charge in [0.1, 0.15) is 22.7 Å². The number of aliphatic hydroxyl groups is 2. The van der Waals surface area contributed by atoms with E-state index in [2.05, 4.69) is 57.4 Å². The zero-order valence-corrected chi connectivity index (χ0v) is 19.2. The molecule has 0 aromatic heterocycles. The van der Waals surface area contributed by atoms with Crippen molar-refractivity contribution in [1.29, 1.82) is 0 Å². The van der Waals surface area contributed by atoms with E-state index in [1.54, 1.807) is 7.11 Å². The first-order valence-corrected chi connectivity index (χ1v) is 12.5. The van der Waals surface area contributed by atoms with Crippen molar-refractivity contribution in [2.45, 2.75) is 75.3 Å². The molecule has 7 atom stereocenters. The summed E-state index contributed by atoms with van der Waals surface area (Å²) in [5, 5.41) is 22.5. The normalized spacial score (nSPS) is 37.8. The van der Waals surface area contributed by atoms with Crippen LogP contribution in [0.3, 0.4) is 0 Å². The van der Waals surface area contributed by atoms with Gasteiger partial charge in [-0.1, -0.05) is 42.0 Å². The zero-order valence-electron chi connectivity index (χ0n) is 18.4. The van der Waals surface area contributed by atoms with E-state index in [0.717, 1.165) is 12.2 Å². The molecule has 3 rings (SSSR count). The lowest BCUT2D eigenvalue weighted by Crippen LogP contribution is -2.62. The van der Waals surface area contributed by atoms with Crippen molar-refractivity contribution < 1.29 is 19.7 Å². The molecule has 2 fully saturated rings. The summed E-state index contributed by atoms with van der Waals surface area (Å²) in [5.41, 5.74) is 1.19. The van der Waals surface area contributed by atoms with Crippen molar-refractivity contribution in [3.05, 3.63) is 47.5 Å². The summed E-state index contributed by atoms with van der Waals surface area (Å²) in [6.45, 7) is 6.26. The number of hydrogen-bond donors (Lipinski definition) is 2. The Morgan fingerprint density at radius 3 is 2.62 bits per heavy atom. The third kappa shape index (κ3) is 5.08. The molecular formula is C24H37O4S+. The number of rotatable bonds is 8. The van der Waals surface area contributed by atoms with E-state index >= 15 is 0 Å². The van der Waals surface area contributed by atoms with Gasteiger partial charge in [-0.25, -0.2) is 0 Å². The fourth-order valence-electron chi connectivity index (χ4n) is 5.07. The van der Waals surface area contributed by atoms with Crippen molar-refractivity contribution in [1.82, 2.24) is 0 Å². The Kier molecular flexibility index (Phi) is 7.17. The number of allylic oxidation sites excluding steroid dienone is 1. The molecule has 1 aliphatic carbocycles. The quantitative estimate of drug-likeness (QED) is 0.383. The average molecular weight is 422 g/mol. The third-order valence-corrected chi connectivity index (χ3v) is 8.34. The number of ether oxygens (including phenoxy) is 2. The molecule has 0 spiro atoms. The van der Waals surface area contributed by atoms with E-state index in [0.29, 0.717) is 18.6 Å². The molecule has 1 aromatic carbocycles. The monoisotopic (exact) mass is 421 g/mol. The van der Waals surface area contributed by atoms with Crippen molar-refractivity contribution in [3.8, 4) is 0 Å². The molecule has 4 nitrogen and oxygen atoms in total. The van der Waals surface area contributed by atoms with Crippen LogP contribution >= 0.6 is 0 Å². The van der Waals surface area contributed by atoms with Crippen molar-refractivity contribution in [2.75, 3.05) is 19.1 Å². The highest BCUT2D eigenvalue weighted by molar-refractivity contribution is 7.95. The average Bonchev–Trinajstić information content (AvgIpc) is 3.33. The van der Waals surface area contributed by atoms with Crippen LogP contribution in [0.25, 0.3) is 0 Å². The molecule has 2 aliphatic rings. The standard InChI is InChI=1S/C24H37O4S/c1-17(2)11-12-20-23(3,28-20)22-21(27-4)19(25)13-14-24(22,26)16-29(5)15-18-9-7-6-8-10-18/h6-11,19-22,25-26H,12-16H2,1-5H3/q+1/t19-,20-,21-,22-,23+,24+,29?/m1/s1. The molecule has 162 valence electrons. The summed E-state index contributed by atoms with van der Waals surface area (Å²) in [7, 11) is 1.65.